The van der Waals surface area contributed by atoms with Crippen molar-refractivity contribution in [2.24, 2.45) is 17.6 Å². The monoisotopic (exact) mass is 383 g/mol. The van der Waals surface area contributed by atoms with E-state index in [-0.39, 0.29) is 48.3 Å². The fraction of sp³-hybridized carbons (Fsp3) is 0.941. The third-order valence-electron chi connectivity index (χ3n) is 4.92. The minimum absolute atomic E-state index is 0. The number of carbonyl (C=O) groups excluding carboxylic acids is 1. The molecule has 1 saturated heterocycles. The van der Waals surface area contributed by atoms with Crippen LogP contribution < -0.4 is 11.1 Å². The predicted octanol–water partition coefficient (Wildman–Crippen LogP) is 2.21. The minimum atomic E-state index is -0.362. The van der Waals surface area contributed by atoms with Gasteiger partial charge in [0, 0.05) is 31.7 Å². The Labute approximate surface area is 159 Å². The molecule has 7 heteroatoms. The Morgan fingerprint density at radius 1 is 1.38 bits per heavy atom. The van der Waals surface area contributed by atoms with Crippen molar-refractivity contribution < 1.29 is 9.53 Å². The van der Waals surface area contributed by atoms with Gasteiger partial charge in [-0.1, -0.05) is 26.7 Å². The number of carbonyl (C=O) groups is 1. The van der Waals surface area contributed by atoms with Crippen molar-refractivity contribution in [2.45, 2.75) is 58.1 Å². The number of nitrogens with one attached hydrogen (secondary N) is 1. The number of amides is 1. The summed E-state index contributed by atoms with van der Waals surface area (Å²) in [6.45, 7) is 10.8. The highest BCUT2D eigenvalue weighted by atomic mass is 35.5. The third kappa shape index (κ3) is 7.04. The summed E-state index contributed by atoms with van der Waals surface area (Å²) < 4.78 is 5.79. The zero-order valence-corrected chi connectivity index (χ0v) is 16.9. The van der Waals surface area contributed by atoms with Gasteiger partial charge in [-0.25, -0.2) is 0 Å². The molecule has 0 aromatic carbocycles. The Hall–Kier alpha value is -0.0700. The van der Waals surface area contributed by atoms with Crippen molar-refractivity contribution in [2.75, 3.05) is 32.8 Å². The highest BCUT2D eigenvalue weighted by Crippen LogP contribution is 2.31. The molecular weight excluding hydrogens is 349 g/mol. The molecule has 1 aliphatic carbocycles. The van der Waals surface area contributed by atoms with Crippen LogP contribution in [0.1, 0.15) is 46.5 Å². The summed E-state index contributed by atoms with van der Waals surface area (Å²) >= 11 is 0. The second kappa shape index (κ2) is 10.8. The van der Waals surface area contributed by atoms with Gasteiger partial charge in [0.05, 0.1) is 18.6 Å². The molecule has 2 fully saturated rings. The van der Waals surface area contributed by atoms with Crippen LogP contribution in [0.3, 0.4) is 0 Å². The van der Waals surface area contributed by atoms with E-state index in [0.717, 1.165) is 51.9 Å². The van der Waals surface area contributed by atoms with Crippen molar-refractivity contribution in [3.05, 3.63) is 0 Å². The topological polar surface area (TPSA) is 67.6 Å². The molecule has 1 heterocycles. The molecule has 2 aliphatic rings. The molecule has 1 saturated carbocycles. The van der Waals surface area contributed by atoms with Gasteiger partial charge < -0.3 is 15.8 Å². The standard InChI is InChI=1S/C17H33N3O2.2ClH/c1-13(2)11-20-8-9-22-14(12-20)10-19-16(21)15-6-4-5-7-17(15,3)18;;/h13-15H,4-12,18H2,1-3H3,(H,19,21);2*1H. The third-order valence-corrected chi connectivity index (χ3v) is 4.92. The number of hydrogen-bond acceptors (Lipinski definition) is 4. The van der Waals surface area contributed by atoms with Crippen molar-refractivity contribution in [1.82, 2.24) is 10.2 Å². The summed E-state index contributed by atoms with van der Waals surface area (Å²) in [6.07, 6.45) is 4.18. The molecule has 2 rings (SSSR count). The number of nitrogens with two attached hydrogens (primary N) is 1. The number of nitrogens with zero attached hydrogens (tertiary/aromatic N) is 1. The molecule has 5 nitrogen and oxygen atoms in total. The Morgan fingerprint density at radius 3 is 2.71 bits per heavy atom. The zero-order valence-electron chi connectivity index (χ0n) is 15.3. The SMILES string of the molecule is CC(C)CN1CCOC(CNC(=O)C2CCCCC2(C)N)C1.Cl.Cl. The fourth-order valence-electron chi connectivity index (χ4n) is 3.71. The van der Waals surface area contributed by atoms with Crippen molar-refractivity contribution >= 4 is 30.7 Å². The lowest BCUT2D eigenvalue weighted by Crippen LogP contribution is -2.55. The number of morpholine rings is 1. The Kier molecular flexibility index (Phi) is 10.8. The van der Waals surface area contributed by atoms with E-state index in [1.54, 1.807) is 0 Å². The molecular formula is C17H35Cl2N3O2. The van der Waals surface area contributed by atoms with Gasteiger partial charge in [-0.15, -0.1) is 24.8 Å². The quantitative estimate of drug-likeness (QED) is 0.763. The first kappa shape index (κ1) is 23.9. The minimum Gasteiger partial charge on any atom is -0.374 e. The molecule has 3 unspecified atom stereocenters. The van der Waals surface area contributed by atoms with Gasteiger partial charge in [0.1, 0.15) is 0 Å². The number of halogens is 2. The van der Waals surface area contributed by atoms with Gasteiger partial charge >= 0.3 is 0 Å². The van der Waals surface area contributed by atoms with E-state index >= 15 is 0 Å². The van der Waals surface area contributed by atoms with Crippen LogP contribution >= 0.6 is 24.8 Å². The maximum atomic E-state index is 12.5. The van der Waals surface area contributed by atoms with Crippen LogP contribution in [0.15, 0.2) is 0 Å². The van der Waals surface area contributed by atoms with Crippen LogP contribution in [0.4, 0.5) is 0 Å². The molecule has 1 amide bonds. The lowest BCUT2D eigenvalue weighted by Gasteiger charge is -2.38. The van der Waals surface area contributed by atoms with Crippen LogP contribution in [0, 0.1) is 11.8 Å². The summed E-state index contributed by atoms with van der Waals surface area (Å²) in [4.78, 5) is 14.9. The van der Waals surface area contributed by atoms with Crippen LogP contribution in [-0.4, -0.2) is 55.2 Å². The van der Waals surface area contributed by atoms with Crippen LogP contribution in [0.2, 0.25) is 0 Å². The van der Waals surface area contributed by atoms with Crippen molar-refractivity contribution in [1.29, 1.82) is 0 Å². The average Bonchev–Trinajstić information content (AvgIpc) is 2.44. The first-order chi connectivity index (χ1) is 10.4. The molecule has 0 aromatic rings. The average molecular weight is 384 g/mol. The van der Waals surface area contributed by atoms with Crippen molar-refractivity contribution in [3.63, 3.8) is 0 Å². The Morgan fingerprint density at radius 2 is 2.08 bits per heavy atom. The zero-order chi connectivity index (χ0) is 16.2. The lowest BCUT2D eigenvalue weighted by atomic mass is 9.74. The molecule has 0 aromatic heterocycles. The van der Waals surface area contributed by atoms with E-state index in [9.17, 15) is 4.79 Å². The molecule has 1 aliphatic heterocycles. The smallest absolute Gasteiger partial charge is 0.225 e. The van der Waals surface area contributed by atoms with E-state index < -0.39 is 0 Å². The molecule has 24 heavy (non-hydrogen) atoms. The summed E-state index contributed by atoms with van der Waals surface area (Å²) in [7, 11) is 0. The molecule has 0 bridgehead atoms. The van der Waals surface area contributed by atoms with Gasteiger partial charge in [-0.2, -0.15) is 0 Å². The maximum Gasteiger partial charge on any atom is 0.225 e. The summed E-state index contributed by atoms with van der Waals surface area (Å²) in [6, 6.07) is 0. The Balaban J connectivity index is 0.00000264. The summed E-state index contributed by atoms with van der Waals surface area (Å²) in [5.74, 6) is 0.708. The highest BCUT2D eigenvalue weighted by molar-refractivity contribution is 5.85. The fourth-order valence-corrected chi connectivity index (χ4v) is 3.71. The predicted molar refractivity (Wildman–Crippen MR) is 103 cm³/mol. The van der Waals surface area contributed by atoms with Gasteiger partial charge in [-0.3, -0.25) is 9.69 Å². The van der Waals surface area contributed by atoms with E-state index in [1.165, 1.54) is 0 Å². The summed E-state index contributed by atoms with van der Waals surface area (Å²) in [5.41, 5.74) is 5.95. The summed E-state index contributed by atoms with van der Waals surface area (Å²) in [5, 5.41) is 3.08. The second-order valence-corrected chi connectivity index (χ2v) is 7.70. The molecule has 0 spiro atoms. The van der Waals surface area contributed by atoms with Gasteiger partial charge in [-0.05, 0) is 25.7 Å². The molecule has 3 N–H and O–H groups in total. The van der Waals surface area contributed by atoms with Gasteiger partial charge in [0.2, 0.25) is 5.91 Å². The van der Waals surface area contributed by atoms with E-state index in [1.807, 2.05) is 6.92 Å². The van der Waals surface area contributed by atoms with E-state index in [0.29, 0.717) is 12.5 Å². The molecule has 3 atom stereocenters. The molecule has 0 radical (unpaired) electrons. The van der Waals surface area contributed by atoms with Crippen molar-refractivity contribution in [3.8, 4) is 0 Å². The Bertz CT molecular complexity index is 381. The first-order valence-electron chi connectivity index (χ1n) is 8.79. The van der Waals surface area contributed by atoms with Gasteiger partial charge in [0.15, 0.2) is 0 Å². The number of ether oxygens (including phenoxy) is 1. The van der Waals surface area contributed by atoms with E-state index in [2.05, 4.69) is 24.1 Å². The van der Waals surface area contributed by atoms with Crippen LogP contribution in [0.5, 0.6) is 0 Å². The maximum absolute atomic E-state index is 12.5. The number of rotatable bonds is 5. The lowest BCUT2D eigenvalue weighted by molar-refractivity contribution is -0.129. The normalized spacial score (nSPS) is 31.0. The van der Waals surface area contributed by atoms with Gasteiger partial charge in [0.25, 0.3) is 0 Å². The highest BCUT2D eigenvalue weighted by Gasteiger charge is 2.37. The van der Waals surface area contributed by atoms with E-state index in [4.69, 9.17) is 10.5 Å². The second-order valence-electron chi connectivity index (χ2n) is 7.70. The first-order valence-corrected chi connectivity index (χ1v) is 8.79. The molecule has 144 valence electrons. The largest absolute Gasteiger partial charge is 0.374 e. The number of hydrogen-bond donors (Lipinski definition) is 2. The van der Waals surface area contributed by atoms with Crippen LogP contribution in [-0.2, 0) is 9.53 Å². The van der Waals surface area contributed by atoms with Crippen LogP contribution in [0.25, 0.3) is 0 Å².